The first-order chi connectivity index (χ1) is 9.13. The molecule has 3 nitrogen and oxygen atoms in total. The fourth-order valence-electron chi connectivity index (χ4n) is 1.97. The Labute approximate surface area is 120 Å². The molecule has 0 aliphatic carbocycles. The third-order valence-corrected chi connectivity index (χ3v) is 4.09. The number of halogens is 1. The number of hydrogen-bond donors (Lipinski definition) is 1. The van der Waals surface area contributed by atoms with Crippen LogP contribution in [0.3, 0.4) is 0 Å². The van der Waals surface area contributed by atoms with Gasteiger partial charge in [0.2, 0.25) is 0 Å². The maximum atomic E-state index is 5.97. The van der Waals surface area contributed by atoms with Crippen LogP contribution in [0.2, 0.25) is 5.02 Å². The highest BCUT2D eigenvalue weighted by atomic mass is 35.5. The topological polar surface area (TPSA) is 37.8 Å². The lowest BCUT2D eigenvalue weighted by molar-refractivity contribution is 1.23. The molecule has 0 fully saturated rings. The Hall–Kier alpha value is -1.65. The standard InChI is InChI=1S/C14H12ClN3S/c1-8-5-10(15)3-4-12(8)18-13-11-6-9(2)19-14(11)17-7-16-13/h3-7H,1-2H3,(H,16,17,18). The van der Waals surface area contributed by atoms with E-state index in [1.165, 1.54) is 4.88 Å². The van der Waals surface area contributed by atoms with Crippen molar-refractivity contribution in [3.05, 3.63) is 46.1 Å². The van der Waals surface area contributed by atoms with Crippen LogP contribution in [-0.4, -0.2) is 9.97 Å². The van der Waals surface area contributed by atoms with E-state index in [4.69, 9.17) is 11.6 Å². The highest BCUT2D eigenvalue weighted by Crippen LogP contribution is 2.30. The Balaban J connectivity index is 2.05. The maximum Gasteiger partial charge on any atom is 0.142 e. The Kier molecular flexibility index (Phi) is 3.12. The summed E-state index contributed by atoms with van der Waals surface area (Å²) >= 11 is 7.64. The van der Waals surface area contributed by atoms with Gasteiger partial charge in [-0.2, -0.15) is 0 Å². The van der Waals surface area contributed by atoms with Gasteiger partial charge in [0, 0.05) is 15.6 Å². The van der Waals surface area contributed by atoms with E-state index in [9.17, 15) is 0 Å². The summed E-state index contributed by atoms with van der Waals surface area (Å²) in [5.74, 6) is 0.833. The van der Waals surface area contributed by atoms with Gasteiger partial charge in [-0.1, -0.05) is 11.6 Å². The van der Waals surface area contributed by atoms with E-state index >= 15 is 0 Å². The van der Waals surface area contributed by atoms with Gasteiger partial charge in [0.1, 0.15) is 17.0 Å². The van der Waals surface area contributed by atoms with Gasteiger partial charge in [0.05, 0.1) is 5.39 Å². The number of aryl methyl sites for hydroxylation is 2. The van der Waals surface area contributed by atoms with Crippen LogP contribution in [0.1, 0.15) is 10.4 Å². The zero-order valence-corrected chi connectivity index (χ0v) is 12.1. The average Bonchev–Trinajstić information content (AvgIpc) is 2.74. The van der Waals surface area contributed by atoms with Crippen LogP contribution in [0.15, 0.2) is 30.6 Å². The van der Waals surface area contributed by atoms with Crippen LogP contribution in [0, 0.1) is 13.8 Å². The van der Waals surface area contributed by atoms with E-state index in [0.29, 0.717) is 0 Å². The van der Waals surface area contributed by atoms with Gasteiger partial charge in [-0.05, 0) is 43.7 Å². The average molecular weight is 290 g/mol. The zero-order chi connectivity index (χ0) is 13.4. The van der Waals surface area contributed by atoms with E-state index in [2.05, 4.69) is 28.3 Å². The number of benzene rings is 1. The van der Waals surface area contributed by atoms with E-state index in [1.54, 1.807) is 17.7 Å². The number of fused-ring (bicyclic) bond motifs is 1. The van der Waals surface area contributed by atoms with E-state index in [-0.39, 0.29) is 0 Å². The molecule has 5 heteroatoms. The molecule has 96 valence electrons. The highest BCUT2D eigenvalue weighted by molar-refractivity contribution is 7.18. The lowest BCUT2D eigenvalue weighted by atomic mass is 10.2. The molecule has 0 atom stereocenters. The Morgan fingerprint density at radius 1 is 1.16 bits per heavy atom. The number of hydrogen-bond acceptors (Lipinski definition) is 4. The molecule has 3 rings (SSSR count). The minimum absolute atomic E-state index is 0.738. The second-order valence-electron chi connectivity index (χ2n) is 4.38. The maximum absolute atomic E-state index is 5.97. The van der Waals surface area contributed by atoms with Gasteiger partial charge >= 0.3 is 0 Å². The molecule has 0 saturated heterocycles. The van der Waals surface area contributed by atoms with Crippen molar-refractivity contribution in [1.82, 2.24) is 9.97 Å². The molecule has 0 unspecified atom stereocenters. The number of nitrogens with one attached hydrogen (secondary N) is 1. The molecular formula is C14H12ClN3S. The van der Waals surface area contributed by atoms with Crippen LogP contribution >= 0.6 is 22.9 Å². The van der Waals surface area contributed by atoms with Gasteiger partial charge in [-0.15, -0.1) is 11.3 Å². The molecule has 1 N–H and O–H groups in total. The van der Waals surface area contributed by atoms with Gasteiger partial charge in [0.15, 0.2) is 0 Å². The molecule has 0 amide bonds. The molecule has 0 aliphatic rings. The molecule has 0 bridgehead atoms. The Bertz CT molecular complexity index is 752. The number of anilines is 2. The van der Waals surface area contributed by atoms with Crippen molar-refractivity contribution in [2.75, 3.05) is 5.32 Å². The summed E-state index contributed by atoms with van der Waals surface area (Å²) in [5, 5.41) is 5.15. The van der Waals surface area contributed by atoms with Crippen LogP contribution < -0.4 is 5.32 Å². The largest absolute Gasteiger partial charge is 0.339 e. The number of aromatic nitrogens is 2. The highest BCUT2D eigenvalue weighted by Gasteiger charge is 2.08. The van der Waals surface area contributed by atoms with Gasteiger partial charge in [0.25, 0.3) is 0 Å². The summed E-state index contributed by atoms with van der Waals surface area (Å²) in [4.78, 5) is 10.8. The Morgan fingerprint density at radius 3 is 2.79 bits per heavy atom. The fraction of sp³-hybridized carbons (Fsp3) is 0.143. The lowest BCUT2D eigenvalue weighted by Gasteiger charge is -2.09. The molecule has 19 heavy (non-hydrogen) atoms. The van der Waals surface area contributed by atoms with Gasteiger partial charge < -0.3 is 5.32 Å². The van der Waals surface area contributed by atoms with Crippen molar-refractivity contribution in [3.8, 4) is 0 Å². The molecule has 3 aromatic rings. The summed E-state index contributed by atoms with van der Waals surface area (Å²) in [7, 11) is 0. The number of thiophene rings is 1. The minimum atomic E-state index is 0.738. The van der Waals surface area contributed by atoms with Crippen molar-refractivity contribution >= 4 is 44.7 Å². The van der Waals surface area contributed by atoms with Crippen LogP contribution in [-0.2, 0) is 0 Å². The minimum Gasteiger partial charge on any atom is -0.339 e. The summed E-state index contributed by atoms with van der Waals surface area (Å²) in [6, 6.07) is 7.87. The van der Waals surface area contributed by atoms with Gasteiger partial charge in [-0.3, -0.25) is 0 Å². The summed E-state index contributed by atoms with van der Waals surface area (Å²) in [6.07, 6.45) is 1.59. The summed E-state index contributed by atoms with van der Waals surface area (Å²) < 4.78 is 0. The quantitative estimate of drug-likeness (QED) is 0.743. The molecule has 0 saturated carbocycles. The molecule has 2 aromatic heterocycles. The third kappa shape index (κ3) is 2.41. The molecule has 0 aliphatic heterocycles. The van der Waals surface area contributed by atoms with Crippen molar-refractivity contribution in [2.24, 2.45) is 0 Å². The third-order valence-electron chi connectivity index (χ3n) is 2.89. The predicted octanol–water partition coefficient (Wildman–Crippen LogP) is 4.71. The summed E-state index contributed by atoms with van der Waals surface area (Å²) in [5.41, 5.74) is 2.10. The monoisotopic (exact) mass is 289 g/mol. The van der Waals surface area contributed by atoms with Gasteiger partial charge in [-0.25, -0.2) is 9.97 Å². The van der Waals surface area contributed by atoms with Crippen molar-refractivity contribution in [2.45, 2.75) is 13.8 Å². The van der Waals surface area contributed by atoms with E-state index < -0.39 is 0 Å². The van der Waals surface area contributed by atoms with Crippen LogP contribution in [0.25, 0.3) is 10.2 Å². The predicted molar refractivity (Wildman–Crippen MR) is 81.6 cm³/mol. The summed E-state index contributed by atoms with van der Waals surface area (Å²) in [6.45, 7) is 4.09. The van der Waals surface area contributed by atoms with E-state index in [0.717, 1.165) is 32.3 Å². The number of rotatable bonds is 2. The molecule has 1 aromatic carbocycles. The Morgan fingerprint density at radius 2 is 2.00 bits per heavy atom. The number of nitrogens with zero attached hydrogens (tertiary/aromatic N) is 2. The second kappa shape index (κ2) is 4.79. The molecule has 2 heterocycles. The second-order valence-corrected chi connectivity index (χ2v) is 6.05. The van der Waals surface area contributed by atoms with Crippen LogP contribution in [0.5, 0.6) is 0 Å². The normalized spacial score (nSPS) is 10.9. The molecule has 0 radical (unpaired) electrons. The SMILES string of the molecule is Cc1cc2c(Nc3ccc(Cl)cc3C)ncnc2s1. The first-order valence-corrected chi connectivity index (χ1v) is 7.07. The first kappa shape index (κ1) is 12.4. The fourth-order valence-corrected chi connectivity index (χ4v) is 3.04. The lowest BCUT2D eigenvalue weighted by Crippen LogP contribution is -1.96. The zero-order valence-electron chi connectivity index (χ0n) is 10.6. The molecule has 0 spiro atoms. The smallest absolute Gasteiger partial charge is 0.142 e. The van der Waals surface area contributed by atoms with Crippen LogP contribution in [0.4, 0.5) is 11.5 Å². The molecular weight excluding hydrogens is 278 g/mol. The van der Waals surface area contributed by atoms with Crippen molar-refractivity contribution in [1.29, 1.82) is 0 Å². The first-order valence-electron chi connectivity index (χ1n) is 5.88. The van der Waals surface area contributed by atoms with E-state index in [1.807, 2.05) is 25.1 Å². The van der Waals surface area contributed by atoms with Crippen molar-refractivity contribution in [3.63, 3.8) is 0 Å². The van der Waals surface area contributed by atoms with Crippen molar-refractivity contribution < 1.29 is 0 Å².